The van der Waals surface area contributed by atoms with Crippen LogP contribution in [0.25, 0.3) is 0 Å². The Morgan fingerprint density at radius 2 is 1.54 bits per heavy atom. The molecular weight excluding hydrogens is 410 g/mol. The van der Waals surface area contributed by atoms with Gasteiger partial charge in [-0.15, -0.1) is 0 Å². The molecule has 4 nitrogen and oxygen atoms in total. The summed E-state index contributed by atoms with van der Waals surface area (Å²) in [5.41, 5.74) is -2.31. The van der Waals surface area contributed by atoms with Crippen LogP contribution in [-0.2, 0) is 22.2 Å². The fraction of sp³-hybridized carbons (Fsp3) is 0.353. The topological polar surface area (TPSA) is 50.3 Å². The van der Waals surface area contributed by atoms with Crippen LogP contribution in [0.1, 0.15) is 17.5 Å². The van der Waals surface area contributed by atoms with Crippen LogP contribution in [0.15, 0.2) is 47.5 Å². The molecule has 28 heavy (non-hydrogen) atoms. The number of nitrogens with zero attached hydrogens (tertiary/aromatic N) is 2. The molecule has 1 saturated heterocycles. The van der Waals surface area contributed by atoms with Gasteiger partial charge < -0.3 is 4.90 Å². The molecule has 1 aromatic heterocycles. The number of halogens is 6. The molecule has 0 aliphatic carbocycles. The van der Waals surface area contributed by atoms with Crippen molar-refractivity contribution in [3.8, 4) is 0 Å². The third-order valence-corrected chi connectivity index (χ3v) is 6.71. The molecule has 3 rings (SSSR count). The first-order valence-corrected chi connectivity index (χ1v) is 9.64. The maximum atomic E-state index is 13.2. The zero-order chi connectivity index (χ0) is 20.7. The molecule has 0 N–H and O–H groups in total. The number of aromatic nitrogens is 1. The zero-order valence-corrected chi connectivity index (χ0v) is 14.9. The van der Waals surface area contributed by atoms with Crippen molar-refractivity contribution in [3.63, 3.8) is 0 Å². The molecule has 0 radical (unpaired) electrons. The number of sulfone groups is 1. The van der Waals surface area contributed by atoms with Gasteiger partial charge in [0.2, 0.25) is 0 Å². The summed E-state index contributed by atoms with van der Waals surface area (Å²) < 4.78 is 105. The van der Waals surface area contributed by atoms with Crippen molar-refractivity contribution in [2.75, 3.05) is 18.0 Å². The van der Waals surface area contributed by atoms with E-state index in [1.54, 1.807) is 0 Å². The van der Waals surface area contributed by atoms with Crippen LogP contribution in [-0.4, -0.2) is 31.7 Å². The maximum Gasteiger partial charge on any atom is 0.419 e. The normalized spacial score (nSPS) is 18.5. The van der Waals surface area contributed by atoms with Crippen molar-refractivity contribution in [2.45, 2.75) is 28.9 Å². The maximum absolute atomic E-state index is 13.2. The number of rotatable bonds is 3. The van der Waals surface area contributed by atoms with Gasteiger partial charge in [-0.3, -0.25) is 0 Å². The van der Waals surface area contributed by atoms with E-state index < -0.39 is 49.3 Å². The van der Waals surface area contributed by atoms with Crippen molar-refractivity contribution in [3.05, 3.63) is 53.7 Å². The van der Waals surface area contributed by atoms with Crippen LogP contribution >= 0.6 is 0 Å². The van der Waals surface area contributed by atoms with Crippen molar-refractivity contribution in [1.29, 1.82) is 0 Å². The summed E-state index contributed by atoms with van der Waals surface area (Å²) in [4.78, 5) is 3.98. The Labute approximate surface area is 156 Å². The van der Waals surface area contributed by atoms with Gasteiger partial charge in [0.05, 0.1) is 21.3 Å². The van der Waals surface area contributed by atoms with E-state index >= 15 is 0 Å². The number of hydrogen-bond acceptors (Lipinski definition) is 4. The second-order valence-electron chi connectivity index (χ2n) is 6.27. The Hall–Kier alpha value is -2.30. The van der Waals surface area contributed by atoms with Gasteiger partial charge >= 0.3 is 12.4 Å². The highest BCUT2D eigenvalue weighted by Crippen LogP contribution is 2.39. The van der Waals surface area contributed by atoms with Crippen LogP contribution in [0, 0.1) is 0 Å². The summed E-state index contributed by atoms with van der Waals surface area (Å²) in [6, 6.07) is 5.71. The summed E-state index contributed by atoms with van der Waals surface area (Å²) in [5.74, 6) is -0.434. The molecule has 1 aliphatic rings. The Morgan fingerprint density at radius 3 is 2.18 bits per heavy atom. The number of pyridine rings is 1. The molecule has 11 heteroatoms. The fourth-order valence-corrected chi connectivity index (χ4v) is 5.08. The molecular formula is C17H14F6N2O2S. The highest BCUT2D eigenvalue weighted by Gasteiger charge is 2.43. The van der Waals surface area contributed by atoms with Crippen LogP contribution in [0.4, 0.5) is 32.2 Å². The number of anilines is 1. The van der Waals surface area contributed by atoms with Crippen molar-refractivity contribution >= 4 is 15.7 Å². The van der Waals surface area contributed by atoms with Gasteiger partial charge in [0, 0.05) is 19.3 Å². The summed E-state index contributed by atoms with van der Waals surface area (Å²) in [6.07, 6.45) is -8.52. The molecule has 2 aromatic rings. The van der Waals surface area contributed by atoms with Gasteiger partial charge in [0.1, 0.15) is 5.82 Å². The summed E-state index contributed by atoms with van der Waals surface area (Å²) in [6.45, 7) is -0.452. The van der Waals surface area contributed by atoms with E-state index in [-0.39, 0.29) is 19.5 Å². The van der Waals surface area contributed by atoms with E-state index in [2.05, 4.69) is 4.98 Å². The van der Waals surface area contributed by atoms with Gasteiger partial charge in [-0.2, -0.15) is 26.3 Å². The molecule has 2 heterocycles. The Balaban J connectivity index is 1.94. The molecule has 0 bridgehead atoms. The van der Waals surface area contributed by atoms with E-state index in [1.165, 1.54) is 6.07 Å². The molecule has 1 fully saturated rings. The predicted molar refractivity (Wildman–Crippen MR) is 88.5 cm³/mol. The fourth-order valence-electron chi connectivity index (χ4n) is 3.17. The third-order valence-electron chi connectivity index (χ3n) is 4.47. The minimum atomic E-state index is -4.87. The van der Waals surface area contributed by atoms with E-state index in [0.717, 1.165) is 35.4 Å². The highest BCUT2D eigenvalue weighted by molar-refractivity contribution is 7.92. The molecule has 1 atom stereocenters. The Kier molecular flexibility index (Phi) is 5.07. The first-order chi connectivity index (χ1) is 12.9. The van der Waals surface area contributed by atoms with Gasteiger partial charge in [-0.05, 0) is 30.7 Å². The Bertz CT molecular complexity index is 972. The average Bonchev–Trinajstić information content (AvgIpc) is 3.11. The third kappa shape index (κ3) is 3.80. The number of alkyl halides is 6. The monoisotopic (exact) mass is 424 g/mol. The summed E-state index contributed by atoms with van der Waals surface area (Å²) in [5, 5.41) is -1.28. The lowest BCUT2D eigenvalue weighted by molar-refractivity contribution is -0.140. The van der Waals surface area contributed by atoms with E-state index in [1.807, 2.05) is 0 Å². The van der Waals surface area contributed by atoms with Crippen molar-refractivity contribution in [1.82, 2.24) is 4.98 Å². The minimum Gasteiger partial charge on any atom is -0.355 e. The second kappa shape index (κ2) is 6.94. The zero-order valence-electron chi connectivity index (χ0n) is 14.1. The second-order valence-corrected chi connectivity index (χ2v) is 8.46. The molecule has 1 unspecified atom stereocenters. The average molecular weight is 424 g/mol. The van der Waals surface area contributed by atoms with Crippen LogP contribution < -0.4 is 4.90 Å². The number of hydrogen-bond donors (Lipinski definition) is 0. The summed E-state index contributed by atoms with van der Waals surface area (Å²) >= 11 is 0. The minimum absolute atomic E-state index is 0.0713. The molecule has 0 saturated carbocycles. The largest absolute Gasteiger partial charge is 0.419 e. The predicted octanol–water partition coefficient (Wildman–Crippen LogP) is 4.17. The quantitative estimate of drug-likeness (QED) is 0.694. The summed E-state index contributed by atoms with van der Waals surface area (Å²) in [7, 11) is -4.41. The first-order valence-electron chi connectivity index (χ1n) is 8.09. The van der Waals surface area contributed by atoms with Crippen LogP contribution in [0.2, 0.25) is 0 Å². The molecule has 0 amide bonds. The van der Waals surface area contributed by atoms with Gasteiger partial charge in [-0.1, -0.05) is 12.1 Å². The first kappa shape index (κ1) is 20.4. The SMILES string of the molecule is O=S(=O)(c1ccccc1C(F)(F)F)C1CCN(c2ncccc2C(F)(F)F)C1. The Morgan fingerprint density at radius 1 is 0.929 bits per heavy atom. The van der Waals surface area contributed by atoms with E-state index in [9.17, 15) is 34.8 Å². The highest BCUT2D eigenvalue weighted by atomic mass is 32.2. The van der Waals surface area contributed by atoms with Gasteiger partial charge in [-0.25, -0.2) is 13.4 Å². The lowest BCUT2D eigenvalue weighted by Gasteiger charge is -2.22. The lowest BCUT2D eigenvalue weighted by Crippen LogP contribution is -2.30. The van der Waals surface area contributed by atoms with Gasteiger partial charge in [0.25, 0.3) is 0 Å². The molecule has 1 aromatic carbocycles. The van der Waals surface area contributed by atoms with Crippen molar-refractivity contribution in [2.24, 2.45) is 0 Å². The molecule has 152 valence electrons. The standard InChI is InChI=1S/C17H14F6N2O2S/c18-16(19,20)12-4-1-2-6-14(12)28(26,27)11-7-9-25(10-11)15-13(17(21,22)23)5-3-8-24-15/h1-6,8,11H,7,9-10H2. The van der Waals surface area contributed by atoms with Crippen molar-refractivity contribution < 1.29 is 34.8 Å². The van der Waals surface area contributed by atoms with Crippen LogP contribution in [0.3, 0.4) is 0 Å². The van der Waals surface area contributed by atoms with E-state index in [4.69, 9.17) is 0 Å². The lowest BCUT2D eigenvalue weighted by atomic mass is 10.2. The number of benzene rings is 1. The molecule has 1 aliphatic heterocycles. The van der Waals surface area contributed by atoms with Gasteiger partial charge in [0.15, 0.2) is 9.84 Å². The molecule has 0 spiro atoms. The van der Waals surface area contributed by atoms with E-state index in [0.29, 0.717) is 6.07 Å². The van der Waals surface area contributed by atoms with Crippen LogP contribution in [0.5, 0.6) is 0 Å². The smallest absolute Gasteiger partial charge is 0.355 e.